The van der Waals surface area contributed by atoms with E-state index in [1.807, 2.05) is 13.0 Å². The van der Waals surface area contributed by atoms with Gasteiger partial charge in [0.05, 0.1) is 10.7 Å². The molecule has 0 unspecified atom stereocenters. The topological polar surface area (TPSA) is 24.9 Å². The second kappa shape index (κ2) is 5.15. The number of aryl methyl sites for hydroxylation is 1. The minimum Gasteiger partial charge on any atom is -0.377 e. The second-order valence-electron chi connectivity index (χ2n) is 3.82. The Hall–Kier alpha value is -1.61. The zero-order valence-corrected chi connectivity index (χ0v) is 10.1. The number of nitrogens with zero attached hydrogens (tertiary/aromatic N) is 1. The van der Waals surface area contributed by atoms with Gasteiger partial charge in [0.1, 0.15) is 5.82 Å². The van der Waals surface area contributed by atoms with Crippen LogP contribution in [0.2, 0.25) is 5.02 Å². The van der Waals surface area contributed by atoms with E-state index in [9.17, 15) is 4.39 Å². The lowest BCUT2D eigenvalue weighted by Crippen LogP contribution is -2.02. The molecule has 1 aromatic heterocycles. The third kappa shape index (κ3) is 2.94. The third-order valence-electron chi connectivity index (χ3n) is 2.36. The second-order valence-corrected chi connectivity index (χ2v) is 4.23. The average molecular weight is 251 g/mol. The van der Waals surface area contributed by atoms with Gasteiger partial charge >= 0.3 is 0 Å². The van der Waals surface area contributed by atoms with Gasteiger partial charge in [-0.15, -0.1) is 0 Å². The molecule has 0 bridgehead atoms. The van der Waals surface area contributed by atoms with Crippen LogP contribution in [0, 0.1) is 12.7 Å². The van der Waals surface area contributed by atoms with E-state index in [0.29, 0.717) is 17.3 Å². The summed E-state index contributed by atoms with van der Waals surface area (Å²) in [4.78, 5) is 4.07. The highest BCUT2D eigenvalue weighted by molar-refractivity contribution is 6.33. The fourth-order valence-corrected chi connectivity index (χ4v) is 1.80. The summed E-state index contributed by atoms with van der Waals surface area (Å²) >= 11 is 5.91. The van der Waals surface area contributed by atoms with Crippen LogP contribution < -0.4 is 5.32 Å². The number of rotatable bonds is 3. The molecule has 17 heavy (non-hydrogen) atoms. The smallest absolute Gasteiger partial charge is 0.147 e. The number of hydrogen-bond acceptors (Lipinski definition) is 2. The molecule has 1 N–H and O–H groups in total. The average Bonchev–Trinajstić information content (AvgIpc) is 2.28. The van der Waals surface area contributed by atoms with Crippen LogP contribution in [0.5, 0.6) is 0 Å². The van der Waals surface area contributed by atoms with Gasteiger partial charge in [-0.05, 0) is 30.2 Å². The van der Waals surface area contributed by atoms with Crippen molar-refractivity contribution in [1.82, 2.24) is 4.98 Å². The summed E-state index contributed by atoms with van der Waals surface area (Å²) < 4.78 is 13.5. The number of nitrogens with one attached hydrogen (secondary N) is 1. The number of benzene rings is 1. The van der Waals surface area contributed by atoms with E-state index in [1.165, 1.54) is 6.07 Å². The minimum atomic E-state index is -0.349. The molecule has 0 saturated heterocycles. The van der Waals surface area contributed by atoms with Crippen molar-refractivity contribution in [2.45, 2.75) is 13.5 Å². The molecule has 1 heterocycles. The molecule has 0 aliphatic carbocycles. The zero-order valence-electron chi connectivity index (χ0n) is 9.37. The Labute approximate surface area is 104 Å². The van der Waals surface area contributed by atoms with Crippen molar-refractivity contribution in [1.29, 1.82) is 0 Å². The van der Waals surface area contributed by atoms with E-state index in [1.54, 1.807) is 24.5 Å². The van der Waals surface area contributed by atoms with Crippen molar-refractivity contribution in [3.05, 3.63) is 58.6 Å². The SMILES string of the molecule is Cc1cncc(CNc2c(F)cccc2Cl)c1. The Bertz CT molecular complexity index is 508. The van der Waals surface area contributed by atoms with E-state index < -0.39 is 0 Å². The summed E-state index contributed by atoms with van der Waals surface area (Å²) in [7, 11) is 0. The van der Waals surface area contributed by atoms with Crippen LogP contribution in [0.1, 0.15) is 11.1 Å². The lowest BCUT2D eigenvalue weighted by atomic mass is 10.2. The maximum Gasteiger partial charge on any atom is 0.147 e. The van der Waals surface area contributed by atoms with E-state index in [2.05, 4.69) is 10.3 Å². The van der Waals surface area contributed by atoms with Crippen LogP contribution in [0.4, 0.5) is 10.1 Å². The highest BCUT2D eigenvalue weighted by Crippen LogP contribution is 2.25. The van der Waals surface area contributed by atoms with Crippen LogP contribution in [0.15, 0.2) is 36.7 Å². The Morgan fingerprint density at radius 1 is 1.35 bits per heavy atom. The van der Waals surface area contributed by atoms with E-state index in [-0.39, 0.29) is 5.82 Å². The molecule has 0 saturated carbocycles. The van der Waals surface area contributed by atoms with Crippen molar-refractivity contribution >= 4 is 17.3 Å². The van der Waals surface area contributed by atoms with Gasteiger partial charge in [0.2, 0.25) is 0 Å². The number of para-hydroxylation sites is 1. The van der Waals surface area contributed by atoms with Crippen LogP contribution in [-0.4, -0.2) is 4.98 Å². The first kappa shape index (κ1) is 11.9. The third-order valence-corrected chi connectivity index (χ3v) is 2.68. The first-order valence-corrected chi connectivity index (χ1v) is 5.63. The molecule has 0 spiro atoms. The number of pyridine rings is 1. The molecule has 0 aliphatic heterocycles. The van der Waals surface area contributed by atoms with Gasteiger partial charge in [0.25, 0.3) is 0 Å². The van der Waals surface area contributed by atoms with Gasteiger partial charge in [0, 0.05) is 18.9 Å². The van der Waals surface area contributed by atoms with Gasteiger partial charge < -0.3 is 5.32 Å². The summed E-state index contributed by atoms with van der Waals surface area (Å²) in [6, 6.07) is 6.61. The molecule has 1 aromatic carbocycles. The first-order chi connectivity index (χ1) is 8.16. The van der Waals surface area contributed by atoms with Gasteiger partial charge in [0.15, 0.2) is 0 Å². The summed E-state index contributed by atoms with van der Waals surface area (Å²) in [5.41, 5.74) is 2.39. The van der Waals surface area contributed by atoms with Crippen molar-refractivity contribution < 1.29 is 4.39 Å². The Balaban J connectivity index is 2.13. The van der Waals surface area contributed by atoms with Gasteiger partial charge in [-0.3, -0.25) is 4.98 Å². The largest absolute Gasteiger partial charge is 0.377 e. The maximum absolute atomic E-state index is 13.5. The normalized spacial score (nSPS) is 10.3. The van der Waals surface area contributed by atoms with Gasteiger partial charge in [-0.1, -0.05) is 23.7 Å². The minimum absolute atomic E-state index is 0.329. The Kier molecular flexibility index (Phi) is 3.59. The van der Waals surface area contributed by atoms with Crippen LogP contribution in [0.25, 0.3) is 0 Å². The molecule has 0 aliphatic rings. The molecule has 4 heteroatoms. The number of aromatic nitrogens is 1. The molecule has 2 nitrogen and oxygen atoms in total. The van der Waals surface area contributed by atoms with E-state index in [0.717, 1.165) is 11.1 Å². The van der Waals surface area contributed by atoms with Crippen molar-refractivity contribution in [3.8, 4) is 0 Å². The van der Waals surface area contributed by atoms with Gasteiger partial charge in [-0.25, -0.2) is 4.39 Å². The van der Waals surface area contributed by atoms with Crippen molar-refractivity contribution in [3.63, 3.8) is 0 Å². The van der Waals surface area contributed by atoms with E-state index in [4.69, 9.17) is 11.6 Å². The van der Waals surface area contributed by atoms with E-state index >= 15 is 0 Å². The molecule has 2 rings (SSSR count). The first-order valence-electron chi connectivity index (χ1n) is 5.25. The number of hydrogen-bond donors (Lipinski definition) is 1. The van der Waals surface area contributed by atoms with Crippen LogP contribution in [-0.2, 0) is 6.54 Å². The maximum atomic E-state index is 13.5. The molecular formula is C13H12ClFN2. The zero-order chi connectivity index (χ0) is 12.3. The van der Waals surface area contributed by atoms with Crippen LogP contribution >= 0.6 is 11.6 Å². The quantitative estimate of drug-likeness (QED) is 0.896. The highest BCUT2D eigenvalue weighted by atomic mass is 35.5. The summed E-state index contributed by atoms with van der Waals surface area (Å²) in [5, 5.41) is 3.36. The fraction of sp³-hybridized carbons (Fsp3) is 0.154. The Morgan fingerprint density at radius 3 is 2.88 bits per heavy atom. The molecule has 0 amide bonds. The van der Waals surface area contributed by atoms with Crippen molar-refractivity contribution in [2.75, 3.05) is 5.32 Å². The number of anilines is 1. The predicted octanol–water partition coefficient (Wildman–Crippen LogP) is 3.79. The summed E-state index contributed by atoms with van der Waals surface area (Å²) in [6.45, 7) is 2.46. The highest BCUT2D eigenvalue weighted by Gasteiger charge is 2.05. The summed E-state index contributed by atoms with van der Waals surface area (Å²) in [5.74, 6) is -0.349. The molecule has 0 radical (unpaired) electrons. The van der Waals surface area contributed by atoms with Crippen LogP contribution in [0.3, 0.4) is 0 Å². The molecule has 0 fully saturated rings. The Morgan fingerprint density at radius 2 is 2.18 bits per heavy atom. The molecule has 88 valence electrons. The molecular weight excluding hydrogens is 239 g/mol. The fourth-order valence-electron chi connectivity index (χ4n) is 1.57. The van der Waals surface area contributed by atoms with Gasteiger partial charge in [-0.2, -0.15) is 0 Å². The number of halogens is 2. The molecule has 0 atom stereocenters. The molecule has 2 aromatic rings. The summed E-state index contributed by atoms with van der Waals surface area (Å²) in [6.07, 6.45) is 3.52. The van der Waals surface area contributed by atoms with Crippen molar-refractivity contribution in [2.24, 2.45) is 0 Å². The predicted molar refractivity (Wildman–Crippen MR) is 67.7 cm³/mol. The monoisotopic (exact) mass is 250 g/mol. The standard InChI is InChI=1S/C13H12ClFN2/c1-9-5-10(7-16-6-9)8-17-13-11(14)3-2-4-12(13)15/h2-7,17H,8H2,1H3. The lowest BCUT2D eigenvalue weighted by molar-refractivity contribution is 0.630. The lowest BCUT2D eigenvalue weighted by Gasteiger charge is -2.09.